The van der Waals surface area contributed by atoms with Crippen molar-refractivity contribution in [1.82, 2.24) is 4.98 Å². The Balaban J connectivity index is 1.86. The molecule has 1 heterocycles. The van der Waals surface area contributed by atoms with Gasteiger partial charge in [0.05, 0.1) is 22.1 Å². The third-order valence-corrected chi connectivity index (χ3v) is 4.04. The number of aromatic nitrogens is 1. The summed E-state index contributed by atoms with van der Waals surface area (Å²) in [5.74, 6) is 0.439. The van der Waals surface area contributed by atoms with Crippen molar-refractivity contribution in [2.24, 2.45) is 5.92 Å². The Bertz CT molecular complexity index is 674. The summed E-state index contributed by atoms with van der Waals surface area (Å²) in [6.07, 6.45) is 4.11. The second kappa shape index (κ2) is 5.65. The van der Waals surface area contributed by atoms with Crippen molar-refractivity contribution in [3.8, 4) is 0 Å². The number of hydrogen-bond acceptors (Lipinski definition) is 5. The summed E-state index contributed by atoms with van der Waals surface area (Å²) in [7, 11) is 0. The fraction of sp³-hybridized carbons (Fsp3) is 0.400. The van der Waals surface area contributed by atoms with Gasteiger partial charge in [-0.15, -0.1) is 0 Å². The smallest absolute Gasteiger partial charge is 0.278 e. The van der Waals surface area contributed by atoms with Gasteiger partial charge in [0.15, 0.2) is 0 Å². The number of non-ortho nitro benzene ring substituents is 1. The van der Waals surface area contributed by atoms with Gasteiger partial charge in [-0.25, -0.2) is 0 Å². The number of nitro benzene ring substituents is 1. The molecular weight excluding hydrogens is 270 g/mol. The lowest BCUT2D eigenvalue weighted by Gasteiger charge is -2.13. The molecule has 0 amide bonds. The summed E-state index contributed by atoms with van der Waals surface area (Å²) in [6.45, 7) is 0.751. The molecule has 1 aromatic heterocycles. The third kappa shape index (κ3) is 2.80. The van der Waals surface area contributed by atoms with E-state index in [-0.39, 0.29) is 16.7 Å². The first-order chi connectivity index (χ1) is 10.1. The van der Waals surface area contributed by atoms with Crippen molar-refractivity contribution in [1.29, 1.82) is 0 Å². The van der Waals surface area contributed by atoms with Crippen LogP contribution in [0.3, 0.4) is 0 Å². The maximum atomic E-state index is 11.1. The molecule has 0 bridgehead atoms. The quantitative estimate of drug-likeness (QED) is 0.666. The van der Waals surface area contributed by atoms with Crippen LogP contribution in [0.1, 0.15) is 19.3 Å². The summed E-state index contributed by atoms with van der Waals surface area (Å²) >= 11 is 0. The molecule has 2 aromatic rings. The fourth-order valence-corrected chi connectivity index (χ4v) is 2.95. The summed E-state index contributed by atoms with van der Waals surface area (Å²) < 4.78 is 0. The SMILES string of the molecule is O=[N+]([O-])c1ccc(NCC2CCC(O)C2)c2ncccc12. The van der Waals surface area contributed by atoms with Crippen LogP contribution in [0.5, 0.6) is 0 Å². The van der Waals surface area contributed by atoms with E-state index in [2.05, 4.69) is 10.3 Å². The number of nitrogens with one attached hydrogen (secondary N) is 1. The first-order valence-electron chi connectivity index (χ1n) is 7.09. The van der Waals surface area contributed by atoms with Crippen molar-refractivity contribution in [2.75, 3.05) is 11.9 Å². The van der Waals surface area contributed by atoms with Gasteiger partial charge in [-0.3, -0.25) is 15.1 Å². The van der Waals surface area contributed by atoms with Crippen LogP contribution in [0, 0.1) is 16.0 Å². The number of benzene rings is 1. The number of nitro groups is 1. The highest BCUT2D eigenvalue weighted by Gasteiger charge is 2.23. The molecule has 1 aliphatic carbocycles. The highest BCUT2D eigenvalue weighted by molar-refractivity contribution is 5.96. The first-order valence-corrected chi connectivity index (χ1v) is 7.09. The van der Waals surface area contributed by atoms with Gasteiger partial charge >= 0.3 is 0 Å². The Kier molecular flexibility index (Phi) is 3.70. The molecule has 1 fully saturated rings. The molecule has 2 N–H and O–H groups in total. The molecule has 21 heavy (non-hydrogen) atoms. The Morgan fingerprint density at radius 2 is 2.24 bits per heavy atom. The Labute approximate surface area is 122 Å². The van der Waals surface area contributed by atoms with Gasteiger partial charge in [0.2, 0.25) is 0 Å². The molecule has 0 radical (unpaired) electrons. The van der Waals surface area contributed by atoms with Gasteiger partial charge in [0.25, 0.3) is 5.69 Å². The maximum Gasteiger partial charge on any atom is 0.278 e. The monoisotopic (exact) mass is 287 g/mol. The topological polar surface area (TPSA) is 88.3 Å². The minimum Gasteiger partial charge on any atom is -0.393 e. The molecule has 6 nitrogen and oxygen atoms in total. The minimum absolute atomic E-state index is 0.0694. The highest BCUT2D eigenvalue weighted by Crippen LogP contribution is 2.31. The largest absolute Gasteiger partial charge is 0.393 e. The van der Waals surface area contributed by atoms with Gasteiger partial charge in [-0.1, -0.05) is 0 Å². The van der Waals surface area contributed by atoms with Crippen molar-refractivity contribution in [3.05, 3.63) is 40.6 Å². The molecule has 2 atom stereocenters. The van der Waals surface area contributed by atoms with Crippen molar-refractivity contribution in [3.63, 3.8) is 0 Å². The van der Waals surface area contributed by atoms with E-state index in [1.54, 1.807) is 24.4 Å². The van der Waals surface area contributed by atoms with Crippen molar-refractivity contribution >= 4 is 22.3 Å². The lowest BCUT2D eigenvalue weighted by Crippen LogP contribution is -2.13. The van der Waals surface area contributed by atoms with E-state index in [9.17, 15) is 15.2 Å². The predicted molar refractivity (Wildman–Crippen MR) is 80.2 cm³/mol. The number of hydrogen-bond donors (Lipinski definition) is 2. The lowest BCUT2D eigenvalue weighted by atomic mass is 10.1. The molecule has 1 aromatic carbocycles. The van der Waals surface area contributed by atoms with E-state index in [0.717, 1.165) is 31.5 Å². The minimum atomic E-state index is -0.388. The molecule has 6 heteroatoms. The van der Waals surface area contributed by atoms with Crippen LogP contribution in [-0.2, 0) is 0 Å². The molecular formula is C15H17N3O3. The van der Waals surface area contributed by atoms with E-state index in [0.29, 0.717) is 16.8 Å². The fourth-order valence-electron chi connectivity index (χ4n) is 2.95. The number of aliphatic hydroxyl groups is 1. The highest BCUT2D eigenvalue weighted by atomic mass is 16.6. The van der Waals surface area contributed by atoms with Crippen LogP contribution < -0.4 is 5.32 Å². The van der Waals surface area contributed by atoms with E-state index >= 15 is 0 Å². The number of rotatable bonds is 4. The molecule has 0 spiro atoms. The molecule has 110 valence electrons. The van der Waals surface area contributed by atoms with Crippen LogP contribution in [0.15, 0.2) is 30.5 Å². The molecule has 0 aliphatic heterocycles. The standard InChI is InChI=1S/C15H17N3O3/c19-11-4-3-10(8-11)9-17-13-5-6-14(18(20)21)12-2-1-7-16-15(12)13/h1-2,5-7,10-11,17,19H,3-4,8-9H2. The van der Waals surface area contributed by atoms with Gasteiger partial charge in [0.1, 0.15) is 5.52 Å². The van der Waals surface area contributed by atoms with E-state index in [4.69, 9.17) is 0 Å². The van der Waals surface area contributed by atoms with Crippen LogP contribution in [-0.4, -0.2) is 27.7 Å². The van der Waals surface area contributed by atoms with Crippen LogP contribution >= 0.6 is 0 Å². The lowest BCUT2D eigenvalue weighted by molar-refractivity contribution is -0.383. The molecule has 2 unspecified atom stereocenters. The van der Waals surface area contributed by atoms with Gasteiger partial charge < -0.3 is 10.4 Å². The van der Waals surface area contributed by atoms with E-state index < -0.39 is 0 Å². The number of nitrogens with zero attached hydrogens (tertiary/aromatic N) is 2. The second-order valence-electron chi connectivity index (χ2n) is 5.50. The average molecular weight is 287 g/mol. The van der Waals surface area contributed by atoms with E-state index in [1.807, 2.05) is 0 Å². The maximum absolute atomic E-state index is 11.1. The summed E-state index contributed by atoms with van der Waals surface area (Å²) in [6, 6.07) is 6.63. The molecule has 3 rings (SSSR count). The number of pyridine rings is 1. The van der Waals surface area contributed by atoms with Crippen LogP contribution in [0.2, 0.25) is 0 Å². The summed E-state index contributed by atoms with van der Waals surface area (Å²) in [4.78, 5) is 14.9. The second-order valence-corrected chi connectivity index (χ2v) is 5.50. The summed E-state index contributed by atoms with van der Waals surface area (Å²) in [5.41, 5.74) is 1.49. The van der Waals surface area contributed by atoms with Crippen molar-refractivity contribution < 1.29 is 10.0 Å². The van der Waals surface area contributed by atoms with E-state index in [1.165, 1.54) is 6.07 Å². The van der Waals surface area contributed by atoms with Gasteiger partial charge in [0, 0.05) is 18.8 Å². The van der Waals surface area contributed by atoms with Gasteiger partial charge in [-0.05, 0) is 43.4 Å². The zero-order chi connectivity index (χ0) is 14.8. The Hall–Kier alpha value is -2.21. The number of aliphatic hydroxyl groups excluding tert-OH is 1. The van der Waals surface area contributed by atoms with Gasteiger partial charge in [-0.2, -0.15) is 0 Å². The zero-order valence-corrected chi connectivity index (χ0v) is 11.5. The number of anilines is 1. The Morgan fingerprint density at radius 1 is 1.38 bits per heavy atom. The normalized spacial score (nSPS) is 21.6. The average Bonchev–Trinajstić information content (AvgIpc) is 2.90. The molecule has 1 saturated carbocycles. The number of fused-ring (bicyclic) bond motifs is 1. The molecule has 0 saturated heterocycles. The van der Waals surface area contributed by atoms with Crippen LogP contribution in [0.25, 0.3) is 10.9 Å². The summed E-state index contributed by atoms with van der Waals surface area (Å²) in [5, 5.41) is 24.5. The molecule has 1 aliphatic rings. The zero-order valence-electron chi connectivity index (χ0n) is 11.5. The van der Waals surface area contributed by atoms with Crippen molar-refractivity contribution in [2.45, 2.75) is 25.4 Å². The third-order valence-electron chi connectivity index (χ3n) is 4.04. The Morgan fingerprint density at radius 3 is 2.95 bits per heavy atom. The predicted octanol–water partition coefficient (Wildman–Crippen LogP) is 2.72. The first kappa shape index (κ1) is 13.8. The van der Waals surface area contributed by atoms with Crippen LogP contribution in [0.4, 0.5) is 11.4 Å².